The van der Waals surface area contributed by atoms with Gasteiger partial charge in [-0.1, -0.05) is 4.98 Å². The fraction of sp³-hybridized carbons (Fsp3) is 0.667. The number of imidazole rings is 1. The van der Waals surface area contributed by atoms with E-state index in [0.29, 0.717) is 30.8 Å². The maximum Gasteiger partial charge on any atom is 0.313 e. The molecular weight excluding hydrogens is 314 g/mol. The minimum Gasteiger partial charge on any atom is -0.386 e. The van der Waals surface area contributed by atoms with Crippen molar-refractivity contribution in [2.45, 2.75) is 38.7 Å². The number of aromatic nitrogens is 4. The quantitative estimate of drug-likeness (QED) is 0.497. The first-order valence-electron chi connectivity index (χ1n) is 8.11. The van der Waals surface area contributed by atoms with Crippen molar-refractivity contribution in [3.63, 3.8) is 0 Å². The molecule has 2 aromatic rings. The van der Waals surface area contributed by atoms with Gasteiger partial charge in [-0.2, -0.15) is 0 Å². The van der Waals surface area contributed by atoms with Crippen molar-refractivity contribution in [2.24, 2.45) is 13.0 Å². The second-order valence-corrected chi connectivity index (χ2v) is 6.13. The summed E-state index contributed by atoms with van der Waals surface area (Å²) in [4.78, 5) is 18.8. The molecule has 4 atom stereocenters. The van der Waals surface area contributed by atoms with Gasteiger partial charge in [0.2, 0.25) is 11.7 Å². The largest absolute Gasteiger partial charge is 0.386 e. The number of nitrogens with one attached hydrogen (secondary N) is 1. The predicted molar refractivity (Wildman–Crippen MR) is 86.1 cm³/mol. The van der Waals surface area contributed by atoms with Gasteiger partial charge in [-0.3, -0.25) is 14.3 Å². The Labute approximate surface area is 139 Å². The molecular formula is C15H24N5O4+. The van der Waals surface area contributed by atoms with E-state index in [1.807, 2.05) is 13.8 Å². The summed E-state index contributed by atoms with van der Waals surface area (Å²) in [7, 11) is 1.74. The van der Waals surface area contributed by atoms with Crippen molar-refractivity contribution in [2.75, 3.05) is 18.9 Å². The summed E-state index contributed by atoms with van der Waals surface area (Å²) >= 11 is 0. The lowest BCUT2D eigenvalue weighted by atomic mass is 9.95. The van der Waals surface area contributed by atoms with Crippen LogP contribution in [0.2, 0.25) is 0 Å². The van der Waals surface area contributed by atoms with Gasteiger partial charge in [-0.15, -0.1) is 0 Å². The molecule has 1 aliphatic heterocycles. The van der Waals surface area contributed by atoms with Gasteiger partial charge in [-0.25, -0.2) is 4.57 Å². The van der Waals surface area contributed by atoms with Crippen LogP contribution >= 0.6 is 0 Å². The molecule has 24 heavy (non-hydrogen) atoms. The van der Waals surface area contributed by atoms with Gasteiger partial charge in [0, 0.05) is 19.1 Å². The summed E-state index contributed by atoms with van der Waals surface area (Å²) in [5.41, 5.74) is 6.11. The molecule has 0 aliphatic carbocycles. The molecule has 3 rings (SSSR count). The van der Waals surface area contributed by atoms with Crippen LogP contribution in [0.5, 0.6) is 0 Å². The lowest BCUT2D eigenvalue weighted by Gasteiger charge is -2.16. The second-order valence-electron chi connectivity index (χ2n) is 6.13. The van der Waals surface area contributed by atoms with Gasteiger partial charge >= 0.3 is 5.65 Å². The van der Waals surface area contributed by atoms with Gasteiger partial charge in [0.05, 0.1) is 13.2 Å². The molecule has 1 aliphatic rings. The monoisotopic (exact) mass is 338 g/mol. The van der Waals surface area contributed by atoms with Gasteiger partial charge < -0.3 is 20.3 Å². The molecule has 3 heterocycles. The number of ether oxygens (including phenoxy) is 2. The van der Waals surface area contributed by atoms with Crippen molar-refractivity contribution < 1.29 is 19.1 Å². The Hall–Kier alpha value is -1.97. The molecule has 1 saturated heterocycles. The first kappa shape index (κ1) is 16.9. The molecule has 1 fully saturated rings. The molecule has 0 spiro atoms. The van der Waals surface area contributed by atoms with Crippen molar-refractivity contribution in [1.82, 2.24) is 14.5 Å². The maximum atomic E-state index is 12.1. The Morgan fingerprint density at radius 3 is 3.04 bits per heavy atom. The fourth-order valence-corrected chi connectivity index (χ4v) is 3.35. The average molecular weight is 338 g/mol. The summed E-state index contributed by atoms with van der Waals surface area (Å²) in [6.07, 6.45) is 0.918. The number of nitrogen functional groups attached to an aromatic ring is 1. The van der Waals surface area contributed by atoms with E-state index in [2.05, 4.69) is 9.97 Å². The molecule has 0 aromatic carbocycles. The number of hydrogen-bond acceptors (Lipinski definition) is 6. The number of hydrogen-bond donors (Lipinski definition) is 3. The van der Waals surface area contributed by atoms with E-state index < -0.39 is 12.3 Å². The number of aliphatic hydroxyl groups excluding tert-OH is 1. The van der Waals surface area contributed by atoms with Gasteiger partial charge in [-0.05, 0) is 20.3 Å². The third-order valence-corrected chi connectivity index (χ3v) is 4.55. The van der Waals surface area contributed by atoms with Crippen LogP contribution in [-0.2, 0) is 16.5 Å². The normalized spacial score (nSPS) is 27.2. The van der Waals surface area contributed by atoms with Crippen LogP contribution in [0, 0.1) is 5.92 Å². The zero-order chi connectivity index (χ0) is 17.4. The molecule has 0 bridgehead atoms. The van der Waals surface area contributed by atoms with Gasteiger partial charge in [0.1, 0.15) is 6.10 Å². The topological polar surface area (TPSA) is 119 Å². The Kier molecular flexibility index (Phi) is 4.57. The SMILES string of the molecule is CCOCC[C@H]1[C@@H](O)[C@H]([n+]2cn(C)c3c(=O)[nH]c(N)nc32)O[C@@H]1C. The van der Waals surface area contributed by atoms with E-state index in [9.17, 15) is 9.90 Å². The van der Waals surface area contributed by atoms with E-state index in [1.54, 1.807) is 22.5 Å². The van der Waals surface area contributed by atoms with Crippen molar-refractivity contribution in [3.8, 4) is 0 Å². The third kappa shape index (κ3) is 2.79. The second kappa shape index (κ2) is 6.50. The summed E-state index contributed by atoms with van der Waals surface area (Å²) in [6.45, 7) is 5.09. The van der Waals surface area contributed by atoms with Crippen LogP contribution < -0.4 is 15.9 Å². The van der Waals surface area contributed by atoms with Crippen molar-refractivity contribution in [3.05, 3.63) is 16.7 Å². The fourth-order valence-electron chi connectivity index (χ4n) is 3.35. The predicted octanol–water partition coefficient (Wildman–Crippen LogP) is -0.548. The van der Waals surface area contributed by atoms with Crippen LogP contribution in [0.1, 0.15) is 26.5 Å². The summed E-state index contributed by atoms with van der Waals surface area (Å²) < 4.78 is 14.7. The molecule has 132 valence electrons. The first-order valence-corrected chi connectivity index (χ1v) is 8.11. The van der Waals surface area contributed by atoms with E-state index in [-0.39, 0.29) is 23.5 Å². The molecule has 0 unspecified atom stereocenters. The molecule has 0 saturated carbocycles. The van der Waals surface area contributed by atoms with E-state index in [4.69, 9.17) is 15.2 Å². The smallest absolute Gasteiger partial charge is 0.313 e. The minimum absolute atomic E-state index is 0.0286. The van der Waals surface area contributed by atoms with Gasteiger partial charge in [0.25, 0.3) is 11.5 Å². The highest BCUT2D eigenvalue weighted by Gasteiger charge is 2.45. The summed E-state index contributed by atoms with van der Waals surface area (Å²) in [5.74, 6) is -0.0236. The highest BCUT2D eigenvalue weighted by molar-refractivity contribution is 5.67. The lowest BCUT2D eigenvalue weighted by Crippen LogP contribution is -2.45. The van der Waals surface area contributed by atoms with Crippen LogP contribution in [-0.4, -0.2) is 45.1 Å². The van der Waals surface area contributed by atoms with Crippen LogP contribution in [0.3, 0.4) is 0 Å². The molecule has 9 nitrogen and oxygen atoms in total. The highest BCUT2D eigenvalue weighted by Crippen LogP contribution is 2.33. The zero-order valence-electron chi connectivity index (χ0n) is 14.1. The first-order chi connectivity index (χ1) is 11.4. The van der Waals surface area contributed by atoms with Crippen molar-refractivity contribution in [1.29, 1.82) is 0 Å². The Bertz CT molecular complexity index is 786. The minimum atomic E-state index is -0.724. The third-order valence-electron chi connectivity index (χ3n) is 4.55. The Balaban J connectivity index is 1.95. The van der Waals surface area contributed by atoms with Crippen LogP contribution in [0.25, 0.3) is 11.2 Å². The maximum absolute atomic E-state index is 12.1. The molecule has 2 aromatic heterocycles. The number of nitrogens with two attached hydrogens (primary N) is 1. The number of aromatic amines is 1. The van der Waals surface area contributed by atoms with Crippen LogP contribution in [0.15, 0.2) is 11.1 Å². The molecule has 9 heteroatoms. The zero-order valence-corrected chi connectivity index (χ0v) is 14.1. The summed E-state index contributed by atoms with van der Waals surface area (Å²) in [6, 6.07) is 0. The van der Waals surface area contributed by atoms with Crippen molar-refractivity contribution >= 4 is 17.1 Å². The number of nitrogens with zero attached hydrogens (tertiary/aromatic N) is 3. The van der Waals surface area contributed by atoms with E-state index in [0.717, 1.165) is 0 Å². The molecule has 4 N–H and O–H groups in total. The number of aryl methyl sites for hydroxylation is 1. The van der Waals surface area contributed by atoms with E-state index >= 15 is 0 Å². The number of aliphatic hydroxyl groups is 1. The number of rotatable bonds is 5. The molecule has 0 amide bonds. The summed E-state index contributed by atoms with van der Waals surface area (Å²) in [5, 5.41) is 10.7. The number of H-pyrrole nitrogens is 1. The Morgan fingerprint density at radius 1 is 1.58 bits per heavy atom. The number of fused-ring (bicyclic) bond motifs is 1. The van der Waals surface area contributed by atoms with Gasteiger partial charge in [0.15, 0.2) is 6.33 Å². The van der Waals surface area contributed by atoms with Crippen LogP contribution in [0.4, 0.5) is 5.95 Å². The standard InChI is InChI=1S/C15H23N5O4/c1-4-23-6-5-9-8(2)24-14(11(9)21)20-7-19(3)10-12(20)17-15(16)18-13(10)22/h7-9,11,14,21H,4-6H2,1-3H3,(H2-,16,17,18,22)/p+1/t8-,9-,11-,14-/m1/s1. The average Bonchev–Trinajstić information content (AvgIpc) is 2.98. The Morgan fingerprint density at radius 2 is 2.33 bits per heavy atom. The lowest BCUT2D eigenvalue weighted by molar-refractivity contribution is -0.745. The molecule has 0 radical (unpaired) electrons. The highest BCUT2D eigenvalue weighted by atomic mass is 16.5. The number of anilines is 1. The van der Waals surface area contributed by atoms with E-state index in [1.165, 1.54) is 0 Å².